The van der Waals surface area contributed by atoms with E-state index in [1.807, 2.05) is 6.26 Å². The number of nitrogens with one attached hydrogen (secondary N) is 1. The molecular weight excluding hydrogens is 464 g/mol. The average molecular weight is 489 g/mol. The number of hydrogen-bond donors (Lipinski definition) is 1. The zero-order valence-corrected chi connectivity index (χ0v) is 20.1. The zero-order valence-electron chi connectivity index (χ0n) is 18.5. The fraction of sp³-hybridized carbons (Fsp3) is 0.318. The largest absolute Gasteiger partial charge is 0.461 e. The predicted molar refractivity (Wildman–Crippen MR) is 125 cm³/mol. The van der Waals surface area contributed by atoms with E-state index in [2.05, 4.69) is 15.3 Å². The van der Waals surface area contributed by atoms with Crippen molar-refractivity contribution in [1.29, 1.82) is 0 Å². The van der Waals surface area contributed by atoms with Crippen LogP contribution in [0.25, 0.3) is 11.6 Å². The van der Waals surface area contributed by atoms with E-state index in [1.165, 1.54) is 28.4 Å². The van der Waals surface area contributed by atoms with Crippen molar-refractivity contribution in [3.8, 4) is 11.6 Å². The van der Waals surface area contributed by atoms with Gasteiger partial charge in [-0.05, 0) is 49.9 Å². The van der Waals surface area contributed by atoms with Crippen LogP contribution >= 0.6 is 11.8 Å². The standard InChI is InChI=1S/C22H24N4O5S2/c1-14-6-7-16(13-18(14)33(28,29)26-8-11-30-12-9-26)24-21(27)19-15(2)23-20(25-22(19)32-3)17-5-4-10-31-17/h4-7,10,13H,8-9,11-12H2,1-3H3,(H,24,27). The smallest absolute Gasteiger partial charge is 0.260 e. The highest BCUT2D eigenvalue weighted by atomic mass is 32.2. The van der Waals surface area contributed by atoms with Crippen LogP contribution in [-0.2, 0) is 14.8 Å². The summed E-state index contributed by atoms with van der Waals surface area (Å²) < 4.78 is 38.3. The molecule has 3 aromatic rings. The van der Waals surface area contributed by atoms with Crippen LogP contribution in [0.3, 0.4) is 0 Å². The maximum Gasteiger partial charge on any atom is 0.260 e. The van der Waals surface area contributed by atoms with Crippen molar-refractivity contribution in [2.24, 2.45) is 0 Å². The lowest BCUT2D eigenvalue weighted by Crippen LogP contribution is -2.40. The number of anilines is 1. The van der Waals surface area contributed by atoms with Crippen molar-refractivity contribution in [1.82, 2.24) is 14.3 Å². The third kappa shape index (κ3) is 4.81. The molecule has 1 aliphatic heterocycles. The third-order valence-electron chi connectivity index (χ3n) is 5.25. The summed E-state index contributed by atoms with van der Waals surface area (Å²) in [6.07, 6.45) is 3.36. The van der Waals surface area contributed by atoms with Gasteiger partial charge >= 0.3 is 0 Å². The highest BCUT2D eigenvalue weighted by Crippen LogP contribution is 2.28. The van der Waals surface area contributed by atoms with E-state index >= 15 is 0 Å². The Balaban J connectivity index is 1.64. The summed E-state index contributed by atoms with van der Waals surface area (Å²) >= 11 is 1.32. The number of hydrogen-bond acceptors (Lipinski definition) is 8. The van der Waals surface area contributed by atoms with Gasteiger partial charge in [-0.15, -0.1) is 11.8 Å². The van der Waals surface area contributed by atoms with Crippen LogP contribution in [0.4, 0.5) is 5.69 Å². The highest BCUT2D eigenvalue weighted by molar-refractivity contribution is 7.98. The number of aromatic nitrogens is 2. The number of carbonyl (C=O) groups is 1. The molecule has 1 aromatic carbocycles. The van der Waals surface area contributed by atoms with Crippen LogP contribution in [0, 0.1) is 13.8 Å². The molecule has 0 aliphatic carbocycles. The number of aryl methyl sites for hydroxylation is 2. The van der Waals surface area contributed by atoms with E-state index in [0.717, 1.165) is 0 Å². The first-order chi connectivity index (χ1) is 15.8. The Bertz CT molecular complexity index is 1270. The topological polar surface area (TPSA) is 115 Å². The first kappa shape index (κ1) is 23.4. The predicted octanol–water partition coefficient (Wildman–Crippen LogP) is 3.35. The fourth-order valence-corrected chi connectivity index (χ4v) is 5.83. The van der Waals surface area contributed by atoms with Crippen molar-refractivity contribution in [3.63, 3.8) is 0 Å². The van der Waals surface area contributed by atoms with Crippen LogP contribution in [0.15, 0.2) is 50.9 Å². The van der Waals surface area contributed by atoms with Crippen LogP contribution in [0.2, 0.25) is 0 Å². The van der Waals surface area contributed by atoms with Crippen molar-refractivity contribution in [3.05, 3.63) is 53.4 Å². The number of rotatable bonds is 6. The second-order valence-electron chi connectivity index (χ2n) is 7.45. The molecule has 1 N–H and O–H groups in total. The Kier molecular flexibility index (Phi) is 6.84. The van der Waals surface area contributed by atoms with Crippen molar-refractivity contribution >= 4 is 33.4 Å². The number of morpholine rings is 1. The molecule has 2 aromatic heterocycles. The van der Waals surface area contributed by atoms with E-state index in [1.54, 1.807) is 38.1 Å². The normalized spacial score (nSPS) is 14.9. The summed E-state index contributed by atoms with van der Waals surface area (Å²) in [6, 6.07) is 8.35. The maximum atomic E-state index is 13.2. The Morgan fingerprint density at radius 3 is 2.58 bits per heavy atom. The number of ether oxygens (including phenoxy) is 1. The first-order valence-electron chi connectivity index (χ1n) is 10.3. The van der Waals surface area contributed by atoms with Gasteiger partial charge in [-0.1, -0.05) is 6.07 Å². The molecule has 3 heterocycles. The molecular formula is C22H24N4O5S2. The first-order valence-corrected chi connectivity index (χ1v) is 12.9. The molecule has 33 heavy (non-hydrogen) atoms. The van der Waals surface area contributed by atoms with E-state index in [9.17, 15) is 13.2 Å². The molecule has 0 spiro atoms. The van der Waals surface area contributed by atoms with Gasteiger partial charge in [-0.3, -0.25) is 4.79 Å². The lowest BCUT2D eigenvalue weighted by molar-refractivity contribution is 0.0730. The van der Waals surface area contributed by atoms with E-state index in [4.69, 9.17) is 9.15 Å². The summed E-state index contributed by atoms with van der Waals surface area (Å²) in [5, 5.41) is 3.31. The summed E-state index contributed by atoms with van der Waals surface area (Å²) in [5.41, 5.74) is 1.80. The van der Waals surface area contributed by atoms with Crippen molar-refractivity contribution in [2.45, 2.75) is 23.8 Å². The molecule has 0 radical (unpaired) electrons. The number of thioether (sulfide) groups is 1. The number of furan rings is 1. The average Bonchev–Trinajstić information content (AvgIpc) is 3.35. The molecule has 1 saturated heterocycles. The van der Waals surface area contributed by atoms with E-state index < -0.39 is 15.9 Å². The molecule has 0 bridgehead atoms. The van der Waals surface area contributed by atoms with Crippen molar-refractivity contribution in [2.75, 3.05) is 37.9 Å². The van der Waals surface area contributed by atoms with Gasteiger partial charge in [0, 0.05) is 18.8 Å². The number of benzene rings is 1. The van der Waals surface area contributed by atoms with Gasteiger partial charge < -0.3 is 14.5 Å². The van der Waals surface area contributed by atoms with Crippen molar-refractivity contribution < 1.29 is 22.4 Å². The Labute approximate surface area is 196 Å². The number of amides is 1. The van der Waals surface area contributed by atoms with Gasteiger partial charge in [0.05, 0.1) is 35.6 Å². The molecule has 174 valence electrons. The van der Waals surface area contributed by atoms with Gasteiger partial charge in [0.1, 0.15) is 5.03 Å². The number of sulfonamides is 1. The number of carbonyl (C=O) groups excluding carboxylic acids is 1. The Morgan fingerprint density at radius 1 is 1.15 bits per heavy atom. The summed E-state index contributed by atoms with van der Waals surface area (Å²) in [4.78, 5) is 22.2. The molecule has 9 nitrogen and oxygen atoms in total. The van der Waals surface area contributed by atoms with Gasteiger partial charge in [0.25, 0.3) is 5.91 Å². The second-order valence-corrected chi connectivity index (χ2v) is 10.1. The maximum absolute atomic E-state index is 13.2. The molecule has 1 aliphatic rings. The lowest BCUT2D eigenvalue weighted by atomic mass is 10.2. The SMILES string of the molecule is CSc1nc(-c2ccco2)nc(C)c1C(=O)Nc1ccc(C)c(S(=O)(=O)N2CCOCC2)c1. The van der Waals surface area contributed by atoms with Crippen LogP contribution in [0.5, 0.6) is 0 Å². The summed E-state index contributed by atoms with van der Waals surface area (Å²) in [5.74, 6) is 0.492. The molecule has 1 amide bonds. The third-order valence-corrected chi connectivity index (χ3v) is 7.98. The molecule has 11 heteroatoms. The minimum absolute atomic E-state index is 0.161. The van der Waals surface area contributed by atoms with E-state index in [-0.39, 0.29) is 4.90 Å². The van der Waals surface area contributed by atoms with Crippen LogP contribution < -0.4 is 5.32 Å². The minimum Gasteiger partial charge on any atom is -0.461 e. The van der Waals surface area contributed by atoms with Gasteiger partial charge in [0.15, 0.2) is 11.6 Å². The van der Waals surface area contributed by atoms with Gasteiger partial charge in [-0.2, -0.15) is 4.31 Å². The Hall–Kier alpha value is -2.73. The fourth-order valence-electron chi connectivity index (χ4n) is 3.55. The van der Waals surface area contributed by atoms with Crippen LogP contribution in [0.1, 0.15) is 21.6 Å². The van der Waals surface area contributed by atoms with Gasteiger partial charge in [0.2, 0.25) is 10.0 Å². The monoisotopic (exact) mass is 488 g/mol. The van der Waals surface area contributed by atoms with Gasteiger partial charge in [-0.25, -0.2) is 18.4 Å². The number of nitrogens with zero attached hydrogens (tertiary/aromatic N) is 3. The second kappa shape index (κ2) is 9.64. The highest BCUT2D eigenvalue weighted by Gasteiger charge is 2.28. The molecule has 4 rings (SSSR count). The Morgan fingerprint density at radius 2 is 1.91 bits per heavy atom. The molecule has 0 atom stereocenters. The lowest BCUT2D eigenvalue weighted by Gasteiger charge is -2.26. The van der Waals surface area contributed by atoms with Crippen LogP contribution in [-0.4, -0.2) is 61.2 Å². The van der Waals surface area contributed by atoms with E-state index in [0.29, 0.717) is 65.4 Å². The minimum atomic E-state index is -3.70. The summed E-state index contributed by atoms with van der Waals surface area (Å²) in [6.45, 7) is 4.78. The molecule has 1 fully saturated rings. The quantitative estimate of drug-likeness (QED) is 0.415. The summed E-state index contributed by atoms with van der Waals surface area (Å²) in [7, 11) is -3.70. The zero-order chi connectivity index (χ0) is 23.6. The molecule has 0 saturated carbocycles. The molecule has 0 unspecified atom stereocenters.